The maximum Gasteiger partial charge on any atom is 0.323 e. The van der Waals surface area contributed by atoms with E-state index in [0.717, 1.165) is 24.3 Å². The number of thioether (sulfide) groups is 1. The molecular weight excluding hydrogens is 186 g/mol. The highest BCUT2D eigenvalue weighted by Gasteiger charge is 2.26. The van der Waals surface area contributed by atoms with Gasteiger partial charge in [0.05, 0.1) is 0 Å². The molecule has 3 N–H and O–H groups in total. The van der Waals surface area contributed by atoms with Gasteiger partial charge in [-0.2, -0.15) is 11.8 Å². The third-order valence-electron chi connectivity index (χ3n) is 1.93. The number of unbranched alkanes of at least 4 members (excludes halogenated alkanes) is 1. The van der Waals surface area contributed by atoms with Crippen LogP contribution < -0.4 is 5.73 Å². The van der Waals surface area contributed by atoms with Crippen molar-refractivity contribution in [1.82, 2.24) is 0 Å². The first kappa shape index (κ1) is 12.8. The largest absolute Gasteiger partial charge is 0.480 e. The molecule has 4 heteroatoms. The Kier molecular flexibility index (Phi) is 6.16. The summed E-state index contributed by atoms with van der Waals surface area (Å²) in [6, 6.07) is 0. The van der Waals surface area contributed by atoms with Crippen molar-refractivity contribution in [1.29, 1.82) is 0 Å². The van der Waals surface area contributed by atoms with Gasteiger partial charge in [-0.15, -0.1) is 0 Å². The van der Waals surface area contributed by atoms with Gasteiger partial charge in [-0.1, -0.05) is 13.3 Å². The second-order valence-electron chi connectivity index (χ2n) is 3.38. The van der Waals surface area contributed by atoms with Crippen molar-refractivity contribution in [2.45, 2.75) is 38.6 Å². The van der Waals surface area contributed by atoms with Crippen LogP contribution in [-0.4, -0.2) is 28.1 Å². The van der Waals surface area contributed by atoms with Crippen molar-refractivity contribution in [2.75, 3.05) is 11.5 Å². The highest BCUT2D eigenvalue weighted by atomic mass is 32.2. The van der Waals surface area contributed by atoms with Crippen molar-refractivity contribution >= 4 is 17.7 Å². The third kappa shape index (κ3) is 5.93. The van der Waals surface area contributed by atoms with Gasteiger partial charge in [0.25, 0.3) is 0 Å². The number of carboxylic acid groups (broad SMARTS) is 1. The van der Waals surface area contributed by atoms with E-state index in [1.807, 2.05) is 11.8 Å². The summed E-state index contributed by atoms with van der Waals surface area (Å²) in [6.07, 6.45) is 2.51. The summed E-state index contributed by atoms with van der Waals surface area (Å²) in [5.74, 6) is 1.32. The van der Waals surface area contributed by atoms with Crippen LogP contribution in [0.1, 0.15) is 33.1 Å². The summed E-state index contributed by atoms with van der Waals surface area (Å²) in [7, 11) is 0. The van der Waals surface area contributed by atoms with Crippen LogP contribution in [-0.2, 0) is 4.79 Å². The normalized spacial score (nSPS) is 15.3. The molecular formula is C9H19NO2S. The Bertz CT molecular complexity index is 160. The van der Waals surface area contributed by atoms with Crippen molar-refractivity contribution in [3.05, 3.63) is 0 Å². The quantitative estimate of drug-likeness (QED) is 0.621. The fraction of sp³-hybridized carbons (Fsp3) is 0.889. The first-order valence-electron chi connectivity index (χ1n) is 4.60. The average molecular weight is 205 g/mol. The molecule has 0 rings (SSSR count). The molecule has 1 atom stereocenters. The van der Waals surface area contributed by atoms with Gasteiger partial charge in [0.15, 0.2) is 0 Å². The van der Waals surface area contributed by atoms with Crippen molar-refractivity contribution in [2.24, 2.45) is 5.73 Å². The average Bonchev–Trinajstić information content (AvgIpc) is 2.03. The summed E-state index contributed by atoms with van der Waals surface area (Å²) in [6.45, 7) is 3.69. The Balaban J connectivity index is 3.46. The van der Waals surface area contributed by atoms with Crippen LogP contribution in [0.3, 0.4) is 0 Å². The smallest absolute Gasteiger partial charge is 0.323 e. The lowest BCUT2D eigenvalue weighted by Gasteiger charge is -2.18. The maximum absolute atomic E-state index is 10.6. The van der Waals surface area contributed by atoms with E-state index in [1.54, 1.807) is 6.92 Å². The number of carbonyl (C=O) groups is 1. The molecule has 0 aliphatic heterocycles. The summed E-state index contributed by atoms with van der Waals surface area (Å²) >= 11 is 1.88. The molecule has 0 saturated heterocycles. The SMILES string of the molecule is CCSCCCCC(C)(N)C(=O)O. The minimum atomic E-state index is -1.04. The predicted molar refractivity (Wildman–Crippen MR) is 57.1 cm³/mol. The standard InChI is InChI=1S/C9H19NO2S/c1-3-13-7-5-4-6-9(2,10)8(11)12/h3-7,10H2,1-2H3,(H,11,12). The molecule has 0 bridgehead atoms. The Morgan fingerprint density at radius 1 is 1.54 bits per heavy atom. The summed E-state index contributed by atoms with van der Waals surface area (Å²) in [5, 5.41) is 8.71. The van der Waals surface area contributed by atoms with E-state index in [2.05, 4.69) is 6.92 Å². The molecule has 0 aliphatic rings. The number of aliphatic carboxylic acids is 1. The lowest BCUT2D eigenvalue weighted by atomic mass is 9.97. The van der Waals surface area contributed by atoms with Crippen LogP contribution in [0.25, 0.3) is 0 Å². The van der Waals surface area contributed by atoms with Crippen LogP contribution in [0.15, 0.2) is 0 Å². The fourth-order valence-electron chi connectivity index (χ4n) is 0.948. The van der Waals surface area contributed by atoms with Gasteiger partial charge in [-0.3, -0.25) is 4.79 Å². The summed E-state index contributed by atoms with van der Waals surface area (Å²) in [4.78, 5) is 10.6. The third-order valence-corrected chi connectivity index (χ3v) is 2.91. The second-order valence-corrected chi connectivity index (χ2v) is 4.77. The molecule has 1 unspecified atom stereocenters. The zero-order valence-corrected chi connectivity index (χ0v) is 9.19. The Morgan fingerprint density at radius 3 is 2.62 bits per heavy atom. The van der Waals surface area contributed by atoms with Gasteiger partial charge in [-0.25, -0.2) is 0 Å². The lowest BCUT2D eigenvalue weighted by molar-refractivity contribution is -0.142. The Labute approximate surface area is 84.1 Å². The molecule has 0 amide bonds. The molecule has 0 saturated carbocycles. The number of carboxylic acids is 1. The van der Waals surface area contributed by atoms with E-state index in [1.165, 1.54) is 0 Å². The zero-order chi connectivity index (χ0) is 10.3. The highest BCUT2D eigenvalue weighted by Crippen LogP contribution is 2.13. The van der Waals surface area contributed by atoms with Gasteiger partial charge in [-0.05, 0) is 31.3 Å². The molecule has 0 spiro atoms. The first-order valence-corrected chi connectivity index (χ1v) is 5.76. The first-order chi connectivity index (χ1) is 6.00. The highest BCUT2D eigenvalue weighted by molar-refractivity contribution is 7.99. The number of hydrogen-bond donors (Lipinski definition) is 2. The van der Waals surface area contributed by atoms with E-state index in [9.17, 15) is 4.79 Å². The van der Waals surface area contributed by atoms with Crippen molar-refractivity contribution in [3.8, 4) is 0 Å². The van der Waals surface area contributed by atoms with Crippen molar-refractivity contribution in [3.63, 3.8) is 0 Å². The molecule has 0 fully saturated rings. The number of rotatable bonds is 7. The van der Waals surface area contributed by atoms with Gasteiger partial charge >= 0.3 is 5.97 Å². The minimum absolute atomic E-state index is 0.562. The number of hydrogen-bond acceptors (Lipinski definition) is 3. The van der Waals surface area contributed by atoms with E-state index >= 15 is 0 Å². The molecule has 0 aliphatic carbocycles. The van der Waals surface area contributed by atoms with Crippen LogP contribution >= 0.6 is 11.8 Å². The predicted octanol–water partition coefficient (Wildman–Crippen LogP) is 1.71. The molecule has 13 heavy (non-hydrogen) atoms. The lowest BCUT2D eigenvalue weighted by Crippen LogP contribution is -2.44. The van der Waals surface area contributed by atoms with Crippen molar-refractivity contribution < 1.29 is 9.90 Å². The van der Waals surface area contributed by atoms with Gasteiger partial charge in [0.2, 0.25) is 0 Å². The van der Waals surface area contributed by atoms with Gasteiger partial charge < -0.3 is 10.8 Å². The van der Waals surface area contributed by atoms with Crippen LogP contribution in [0.4, 0.5) is 0 Å². The molecule has 0 aromatic heterocycles. The number of nitrogens with two attached hydrogens (primary N) is 1. The van der Waals surface area contributed by atoms with Crippen LogP contribution in [0.5, 0.6) is 0 Å². The Hall–Kier alpha value is -0.220. The second kappa shape index (κ2) is 6.27. The topological polar surface area (TPSA) is 63.3 Å². The minimum Gasteiger partial charge on any atom is -0.480 e. The molecule has 78 valence electrons. The zero-order valence-electron chi connectivity index (χ0n) is 8.38. The summed E-state index contributed by atoms with van der Waals surface area (Å²) < 4.78 is 0. The van der Waals surface area contributed by atoms with E-state index < -0.39 is 11.5 Å². The maximum atomic E-state index is 10.6. The molecule has 0 radical (unpaired) electrons. The molecule has 0 aromatic rings. The van der Waals surface area contributed by atoms with Crippen LogP contribution in [0.2, 0.25) is 0 Å². The fourth-order valence-corrected chi connectivity index (χ4v) is 1.64. The van der Waals surface area contributed by atoms with Gasteiger partial charge in [0.1, 0.15) is 5.54 Å². The molecule has 3 nitrogen and oxygen atoms in total. The Morgan fingerprint density at radius 2 is 2.15 bits per heavy atom. The van der Waals surface area contributed by atoms with E-state index in [0.29, 0.717) is 6.42 Å². The monoisotopic (exact) mass is 205 g/mol. The molecule has 0 heterocycles. The molecule has 0 aromatic carbocycles. The van der Waals surface area contributed by atoms with Crippen LogP contribution in [0, 0.1) is 0 Å². The summed E-state index contributed by atoms with van der Waals surface area (Å²) in [5.41, 5.74) is 4.52. The van der Waals surface area contributed by atoms with Gasteiger partial charge in [0, 0.05) is 0 Å². The van der Waals surface area contributed by atoms with E-state index in [4.69, 9.17) is 10.8 Å². The van der Waals surface area contributed by atoms with E-state index in [-0.39, 0.29) is 0 Å².